The number of Topliss-reactive ketones (excluding diaryl/α,β-unsaturated/α-hetero) is 1. The number of unbranched alkanes of at least 4 members (excludes halogenated alkanes) is 7. The Labute approximate surface area is 155 Å². The van der Waals surface area contributed by atoms with Crippen LogP contribution in [-0.4, -0.2) is 11.3 Å². The molecule has 0 amide bonds. The van der Waals surface area contributed by atoms with E-state index in [2.05, 4.69) is 20.4 Å². The molecule has 0 aliphatic carbocycles. The fourth-order valence-corrected chi connectivity index (χ4v) is 3.49. The van der Waals surface area contributed by atoms with E-state index in [-0.39, 0.29) is 22.8 Å². The lowest BCUT2D eigenvalue weighted by molar-refractivity contribution is -0.129. The fourth-order valence-electron chi connectivity index (χ4n) is 3.49. The first kappa shape index (κ1) is 25.1. The van der Waals surface area contributed by atoms with Gasteiger partial charge in [0.15, 0.2) is 5.78 Å². The lowest BCUT2D eigenvalue weighted by atomic mass is 9.63. The third kappa shape index (κ3) is 7.98. The summed E-state index contributed by atoms with van der Waals surface area (Å²) in [6.07, 6.45) is 11.9. The molecule has 0 aromatic rings. The van der Waals surface area contributed by atoms with Gasteiger partial charge in [0.1, 0.15) is 0 Å². The summed E-state index contributed by atoms with van der Waals surface area (Å²) in [5, 5.41) is 0. The van der Waals surface area contributed by atoms with E-state index in [4.69, 9.17) is 5.73 Å². The first-order chi connectivity index (χ1) is 10.2. The predicted octanol–water partition coefficient (Wildman–Crippen LogP) is 6.37. The molecule has 0 bridgehead atoms. The molecule has 0 aliphatic rings. The third-order valence-corrected chi connectivity index (χ3v) is 5.12. The van der Waals surface area contributed by atoms with E-state index in [1.165, 1.54) is 44.9 Å². The number of ketones is 1. The van der Waals surface area contributed by atoms with E-state index in [9.17, 15) is 4.79 Å². The average Bonchev–Trinajstić information content (AvgIpc) is 2.44. The van der Waals surface area contributed by atoms with Crippen molar-refractivity contribution in [3.63, 3.8) is 0 Å². The number of hydrogen-bond acceptors (Lipinski definition) is 2. The van der Waals surface area contributed by atoms with Gasteiger partial charge in [0.05, 0.1) is 5.41 Å². The molecule has 0 saturated carbocycles. The summed E-state index contributed by atoms with van der Waals surface area (Å²) >= 11 is 0. The maximum atomic E-state index is 12.7. The van der Waals surface area contributed by atoms with Gasteiger partial charge < -0.3 is 5.73 Å². The minimum absolute atomic E-state index is 0. The zero-order valence-corrected chi connectivity index (χ0v) is 17.9. The molecule has 0 heterocycles. The first-order valence-corrected chi connectivity index (χ1v) is 9.22. The molecule has 0 saturated heterocycles. The zero-order valence-electron chi connectivity index (χ0n) is 16.2. The Morgan fingerprint density at radius 1 is 0.957 bits per heavy atom. The molecule has 1 atom stereocenters. The Morgan fingerprint density at radius 3 is 1.74 bits per heavy atom. The second-order valence-electron chi connectivity index (χ2n) is 7.49. The molecule has 1 unspecified atom stereocenters. The minimum atomic E-state index is -0.501. The quantitative estimate of drug-likeness (QED) is 0.293. The van der Waals surface area contributed by atoms with Crippen LogP contribution in [0.25, 0.3) is 0 Å². The van der Waals surface area contributed by atoms with Gasteiger partial charge in [0, 0.05) is 5.54 Å². The van der Waals surface area contributed by atoms with E-state index in [0.717, 1.165) is 19.3 Å². The highest BCUT2D eigenvalue weighted by Gasteiger charge is 2.46. The average molecular weight is 390 g/mol. The first-order valence-electron chi connectivity index (χ1n) is 9.22. The Balaban J connectivity index is 0. The van der Waals surface area contributed by atoms with Gasteiger partial charge in [-0.3, -0.25) is 4.79 Å². The van der Waals surface area contributed by atoms with Crippen molar-refractivity contribution in [3.8, 4) is 0 Å². The molecule has 23 heavy (non-hydrogen) atoms. The van der Waals surface area contributed by atoms with Crippen LogP contribution in [0.15, 0.2) is 12.2 Å². The highest BCUT2D eigenvalue weighted by atomic mass is 79.9. The van der Waals surface area contributed by atoms with Crippen LogP contribution in [0.2, 0.25) is 0 Å². The molecule has 0 radical (unpaired) electrons. The van der Waals surface area contributed by atoms with Crippen molar-refractivity contribution in [3.05, 3.63) is 12.2 Å². The smallest absolute Gasteiger partial charge is 0.165 e. The molecule has 2 N–H and O–H groups in total. The van der Waals surface area contributed by atoms with Crippen molar-refractivity contribution in [2.75, 3.05) is 0 Å². The van der Waals surface area contributed by atoms with Crippen LogP contribution in [0.5, 0.6) is 0 Å². The largest absolute Gasteiger partial charge is 0.325 e. The van der Waals surface area contributed by atoms with Gasteiger partial charge in [-0.25, -0.2) is 0 Å². The molecule has 0 spiro atoms. The number of halogens is 1. The van der Waals surface area contributed by atoms with Gasteiger partial charge >= 0.3 is 0 Å². The number of rotatable bonds is 13. The van der Waals surface area contributed by atoms with Crippen LogP contribution in [-0.2, 0) is 4.79 Å². The summed E-state index contributed by atoms with van der Waals surface area (Å²) in [6, 6.07) is 0. The van der Waals surface area contributed by atoms with Crippen LogP contribution in [0.3, 0.4) is 0 Å². The van der Waals surface area contributed by atoms with E-state index in [0.29, 0.717) is 5.57 Å². The lowest BCUT2D eigenvalue weighted by Gasteiger charge is -2.43. The summed E-state index contributed by atoms with van der Waals surface area (Å²) < 4.78 is 0. The summed E-state index contributed by atoms with van der Waals surface area (Å²) in [5.74, 6) is 0.158. The second kappa shape index (κ2) is 12.2. The van der Waals surface area contributed by atoms with Crippen molar-refractivity contribution < 1.29 is 4.79 Å². The van der Waals surface area contributed by atoms with Crippen molar-refractivity contribution in [2.24, 2.45) is 11.1 Å². The van der Waals surface area contributed by atoms with Crippen molar-refractivity contribution >= 4 is 22.8 Å². The molecule has 0 aromatic carbocycles. The highest BCUT2D eigenvalue weighted by Crippen LogP contribution is 2.41. The number of allylic oxidation sites excluding steroid dienone is 1. The molecular weight excluding hydrogens is 350 g/mol. The van der Waals surface area contributed by atoms with Crippen LogP contribution >= 0.6 is 17.0 Å². The minimum Gasteiger partial charge on any atom is -0.325 e. The summed E-state index contributed by atoms with van der Waals surface area (Å²) in [5.41, 5.74) is 6.08. The number of carbonyl (C=O) groups excluding carboxylic acids is 1. The van der Waals surface area contributed by atoms with Crippen LogP contribution in [0, 0.1) is 5.41 Å². The van der Waals surface area contributed by atoms with E-state index in [1.807, 2.05) is 20.8 Å². The van der Waals surface area contributed by atoms with Crippen LogP contribution in [0.1, 0.15) is 98.8 Å². The third-order valence-electron chi connectivity index (χ3n) is 5.12. The topological polar surface area (TPSA) is 43.1 Å². The molecule has 0 rings (SSSR count). The molecule has 0 aliphatic heterocycles. The van der Waals surface area contributed by atoms with Crippen molar-refractivity contribution in [2.45, 2.75) is 104 Å². The van der Waals surface area contributed by atoms with E-state index in [1.54, 1.807) is 0 Å². The Bertz CT molecular complexity index is 346. The summed E-state index contributed by atoms with van der Waals surface area (Å²) in [4.78, 5) is 12.7. The molecule has 3 heteroatoms. The number of hydrogen-bond donors (Lipinski definition) is 1. The Kier molecular flexibility index (Phi) is 13.4. The molecule has 138 valence electrons. The zero-order chi connectivity index (χ0) is 17.2. The van der Waals surface area contributed by atoms with Crippen LogP contribution in [0.4, 0.5) is 0 Å². The number of nitrogens with two attached hydrogens (primary N) is 1. The normalized spacial score (nSPS) is 14.0. The van der Waals surface area contributed by atoms with Gasteiger partial charge in [-0.15, -0.1) is 17.0 Å². The van der Waals surface area contributed by atoms with Crippen LogP contribution < -0.4 is 5.73 Å². The van der Waals surface area contributed by atoms with Gasteiger partial charge in [0.25, 0.3) is 0 Å². The van der Waals surface area contributed by atoms with E-state index >= 15 is 0 Å². The summed E-state index contributed by atoms with van der Waals surface area (Å²) in [7, 11) is 0. The maximum absolute atomic E-state index is 12.7. The van der Waals surface area contributed by atoms with Gasteiger partial charge in [-0.05, 0) is 39.2 Å². The molecule has 0 fully saturated rings. The Hall–Kier alpha value is -0.150. The lowest BCUT2D eigenvalue weighted by Crippen LogP contribution is -2.55. The van der Waals surface area contributed by atoms with Gasteiger partial charge in [0.2, 0.25) is 0 Å². The fraction of sp³-hybridized carbons (Fsp3) is 0.850. The van der Waals surface area contributed by atoms with E-state index < -0.39 is 11.0 Å². The second-order valence-corrected chi connectivity index (χ2v) is 7.49. The summed E-state index contributed by atoms with van der Waals surface area (Å²) in [6.45, 7) is 14.0. The van der Waals surface area contributed by atoms with Crippen molar-refractivity contribution in [1.29, 1.82) is 0 Å². The molecular formula is C20H40BrNO. The molecule has 2 nitrogen and oxygen atoms in total. The van der Waals surface area contributed by atoms with Gasteiger partial charge in [-0.1, -0.05) is 71.8 Å². The highest BCUT2D eigenvalue weighted by molar-refractivity contribution is 8.93. The monoisotopic (exact) mass is 389 g/mol. The van der Waals surface area contributed by atoms with Crippen molar-refractivity contribution in [1.82, 2.24) is 0 Å². The number of carbonyl (C=O) groups is 1. The molecule has 0 aromatic heterocycles. The SMILES string of the molecule is Br.C=C(C)C(=O)C(CC)(CCCCCCCCCC)C(C)(C)N. The van der Waals surface area contributed by atoms with Gasteiger partial charge in [-0.2, -0.15) is 0 Å². The maximum Gasteiger partial charge on any atom is 0.165 e. The predicted molar refractivity (Wildman–Crippen MR) is 108 cm³/mol. The standard InChI is InChI=1S/C20H39NO.BrH/c1-7-9-10-11-12-13-14-15-16-20(8-2,19(5,6)21)18(22)17(3)4;/h3,7-16,21H2,1-2,4-6H3;1H. The Morgan fingerprint density at radius 2 is 1.39 bits per heavy atom.